The number of amides is 1. The van der Waals surface area contributed by atoms with Crippen molar-refractivity contribution >= 4 is 22.3 Å². The van der Waals surface area contributed by atoms with Crippen LogP contribution in [0.25, 0.3) is 11.1 Å². The van der Waals surface area contributed by atoms with E-state index in [0.717, 1.165) is 25.7 Å². The van der Waals surface area contributed by atoms with Crippen LogP contribution in [0, 0.1) is 5.92 Å². The standard InChI is InChI=1S/C13H9.C12H11Si.C8H17NO.2ClH.Hf/c1-3-7-12-10(5-1)9-11-6-2-4-8-13(11)12;1-3-7-11(8-4-1)13-12-9-5-2-6-10-12;1-3-5-6-7(4-2)8(9)10;;;/h1-9H;1-10,13H;7H,3-6H2,1-2H3,(H2,9,10);2*1H;/q;;;;;+3/p-3. The van der Waals surface area contributed by atoms with Crippen LogP contribution in [-0.4, -0.2) is 11.9 Å². The van der Waals surface area contributed by atoms with Gasteiger partial charge in [0, 0.05) is 0 Å². The van der Waals surface area contributed by atoms with Crippen molar-refractivity contribution in [3.8, 4) is 11.1 Å². The average molecular weight is 740 g/mol. The van der Waals surface area contributed by atoms with E-state index < -0.39 is 26.9 Å². The van der Waals surface area contributed by atoms with Crippen LogP contribution in [-0.2, 0) is 25.7 Å². The summed E-state index contributed by atoms with van der Waals surface area (Å²) in [5, 5.41) is 2.92. The van der Waals surface area contributed by atoms with Gasteiger partial charge in [-0.15, -0.1) is 0 Å². The van der Waals surface area contributed by atoms with Crippen LogP contribution in [0.5, 0.6) is 0 Å². The van der Waals surface area contributed by atoms with Crippen molar-refractivity contribution in [2.45, 2.75) is 43.2 Å². The summed E-state index contributed by atoms with van der Waals surface area (Å²) in [6, 6.07) is 40.1. The molecule has 39 heavy (non-hydrogen) atoms. The Bertz CT molecular complexity index is 1250. The maximum absolute atomic E-state index is 14.0. The zero-order chi connectivity index (χ0) is 25.6. The second-order valence-corrected chi connectivity index (χ2v) is 29.8. The number of carbonyl (C=O) groups is 1. The molecule has 4 aromatic rings. The van der Waals surface area contributed by atoms with Gasteiger partial charge >= 0.3 is 232 Å². The number of hydrogen-bond acceptors (Lipinski definition) is 1. The molecule has 2 nitrogen and oxygen atoms in total. The molecule has 201 valence electrons. The van der Waals surface area contributed by atoms with Crippen LogP contribution in [0.4, 0.5) is 0 Å². The molecule has 6 heteroatoms. The van der Waals surface area contributed by atoms with E-state index in [1.54, 1.807) is 0 Å². The molecule has 1 atom stereocenters. The summed E-state index contributed by atoms with van der Waals surface area (Å²) < 4.78 is 4.27. The minimum absolute atomic E-state index is 0. The molecule has 0 aliphatic heterocycles. The summed E-state index contributed by atoms with van der Waals surface area (Å²) in [5.74, 6) is -1.28. The third-order valence-electron chi connectivity index (χ3n) is 7.76. The number of fused-ring (bicyclic) bond motifs is 3. The summed E-state index contributed by atoms with van der Waals surface area (Å²) in [4.78, 5) is 14.0. The molecular formula is C33H36Cl2HfNOSi. The van der Waals surface area contributed by atoms with Gasteiger partial charge in [-0.05, 0) is 0 Å². The second kappa shape index (κ2) is 15.1. The summed E-state index contributed by atoms with van der Waals surface area (Å²) in [5.41, 5.74) is 5.56. The molecule has 1 N–H and O–H groups in total. The summed E-state index contributed by atoms with van der Waals surface area (Å²) >= 11 is -3.00. The van der Waals surface area contributed by atoms with E-state index >= 15 is 0 Å². The van der Waals surface area contributed by atoms with Gasteiger partial charge in [-0.1, -0.05) is 0 Å². The number of halogens is 2. The van der Waals surface area contributed by atoms with Crippen LogP contribution in [0.15, 0.2) is 109 Å². The van der Waals surface area contributed by atoms with Crippen molar-refractivity contribution in [1.82, 2.24) is 3.30 Å². The molecule has 1 aliphatic rings. The van der Waals surface area contributed by atoms with E-state index in [0.29, 0.717) is 9.58 Å². The smallest absolute Gasteiger partial charge is 1.00 e. The quantitative estimate of drug-likeness (QED) is 0.231. The fourth-order valence-corrected chi connectivity index (χ4v) is 36.3. The van der Waals surface area contributed by atoms with E-state index in [2.05, 4.69) is 126 Å². The molecule has 0 aromatic heterocycles. The molecule has 4 aromatic carbocycles. The van der Waals surface area contributed by atoms with Crippen molar-refractivity contribution in [2.24, 2.45) is 5.92 Å². The molecule has 0 saturated heterocycles. The number of rotatable bonds is 10. The SMILES string of the molecule is CCCCC(CC)C(=O)[NH][Hf+2]([CH]1c2ccccc2-c2ccccc21)[SiH](c1ccccc1)c1ccccc1.[Cl-].[Cl-]. The zero-order valence-corrected chi connectivity index (χ0v) is 28.9. The predicted molar refractivity (Wildman–Crippen MR) is 154 cm³/mol. The summed E-state index contributed by atoms with van der Waals surface area (Å²) in [6.45, 7) is 4.39. The third kappa shape index (κ3) is 6.85. The van der Waals surface area contributed by atoms with Gasteiger partial charge < -0.3 is 24.8 Å². The van der Waals surface area contributed by atoms with Crippen molar-refractivity contribution in [2.75, 3.05) is 0 Å². The Hall–Kier alpha value is -1.98. The van der Waals surface area contributed by atoms with E-state index in [4.69, 9.17) is 0 Å². The normalized spacial score (nSPS) is 12.5. The molecule has 0 spiro atoms. The molecule has 0 bridgehead atoms. The maximum atomic E-state index is 14.0. The van der Waals surface area contributed by atoms with Crippen molar-refractivity contribution in [3.63, 3.8) is 0 Å². The van der Waals surface area contributed by atoms with Crippen LogP contribution in [0.2, 0.25) is 0 Å². The van der Waals surface area contributed by atoms with Crippen molar-refractivity contribution in [1.29, 1.82) is 0 Å². The zero-order valence-electron chi connectivity index (χ0n) is 22.6. The van der Waals surface area contributed by atoms with E-state index in [1.807, 2.05) is 0 Å². The van der Waals surface area contributed by atoms with Crippen LogP contribution in [0.3, 0.4) is 0 Å². The predicted octanol–water partition coefficient (Wildman–Crippen LogP) is 0.168. The van der Waals surface area contributed by atoms with E-state index in [-0.39, 0.29) is 30.7 Å². The van der Waals surface area contributed by atoms with Crippen LogP contribution >= 0.6 is 0 Å². The topological polar surface area (TPSA) is 29.1 Å². The van der Waals surface area contributed by atoms with Crippen molar-refractivity contribution in [3.05, 3.63) is 120 Å². The fraction of sp³-hybridized carbons (Fsp3) is 0.242. The maximum Gasteiger partial charge on any atom is -1.00 e. The fourth-order valence-electron chi connectivity index (χ4n) is 5.86. The number of nitrogens with one attached hydrogen (secondary N) is 1. The van der Waals surface area contributed by atoms with Gasteiger partial charge in [-0.3, -0.25) is 0 Å². The monoisotopic (exact) mass is 740 g/mol. The first-order chi connectivity index (χ1) is 18.2. The molecule has 5 rings (SSSR count). The van der Waals surface area contributed by atoms with Crippen LogP contribution < -0.4 is 38.5 Å². The largest absolute Gasteiger partial charge is 1.00 e. The van der Waals surface area contributed by atoms with Gasteiger partial charge in [-0.2, -0.15) is 0 Å². The molecule has 0 saturated carbocycles. The molecule has 1 aliphatic carbocycles. The van der Waals surface area contributed by atoms with Crippen molar-refractivity contribution < 1.29 is 50.5 Å². The molecular weight excluding hydrogens is 704 g/mol. The Morgan fingerprint density at radius 1 is 0.744 bits per heavy atom. The average Bonchev–Trinajstić information content (AvgIpc) is 3.28. The van der Waals surface area contributed by atoms with Gasteiger partial charge in [0.15, 0.2) is 0 Å². The van der Waals surface area contributed by atoms with E-state index in [9.17, 15) is 4.79 Å². The second-order valence-electron chi connectivity index (χ2n) is 10.1. The molecule has 0 heterocycles. The van der Waals surface area contributed by atoms with Crippen LogP contribution in [0.1, 0.15) is 54.3 Å². The van der Waals surface area contributed by atoms with Gasteiger partial charge in [-0.25, -0.2) is 0 Å². The number of hydrogen-bond donors (Lipinski definition) is 1. The Kier molecular flexibility index (Phi) is 12.2. The van der Waals surface area contributed by atoms with Gasteiger partial charge in [0.1, 0.15) is 0 Å². The van der Waals surface area contributed by atoms with Gasteiger partial charge in [0.25, 0.3) is 0 Å². The summed E-state index contributed by atoms with van der Waals surface area (Å²) in [6.07, 6.45) is 4.13. The molecule has 1 amide bonds. The Morgan fingerprint density at radius 3 is 1.67 bits per heavy atom. The Morgan fingerprint density at radius 2 is 1.21 bits per heavy atom. The molecule has 1 unspecified atom stereocenters. The molecule has 0 radical (unpaired) electrons. The first-order valence-corrected chi connectivity index (χ1v) is 25.5. The minimum atomic E-state index is -3.00. The minimum Gasteiger partial charge on any atom is -1.00 e. The molecule has 0 fully saturated rings. The van der Waals surface area contributed by atoms with Gasteiger partial charge in [0.05, 0.1) is 0 Å². The van der Waals surface area contributed by atoms with Gasteiger partial charge in [0.2, 0.25) is 0 Å². The Balaban J connectivity index is 0.00000210. The first kappa shape index (κ1) is 31.5. The first-order valence-electron chi connectivity index (χ1n) is 13.7. The van der Waals surface area contributed by atoms with E-state index in [1.165, 1.54) is 32.6 Å². The Labute approximate surface area is 255 Å². The third-order valence-corrected chi connectivity index (χ3v) is 34.7. The summed E-state index contributed by atoms with van der Waals surface area (Å²) in [7, 11) is 0. The number of unbranched alkanes of at least 4 members (excludes halogenated alkanes) is 1. The number of benzene rings is 4. The number of carbonyl (C=O) groups excluding carboxylic acids is 1.